The van der Waals surface area contributed by atoms with Crippen LogP contribution >= 0.6 is 0 Å². The third kappa shape index (κ3) is 4.48. The molecule has 0 bridgehead atoms. The van der Waals surface area contributed by atoms with Crippen molar-refractivity contribution in [2.45, 2.75) is 13.8 Å². The number of rotatable bonds is 4. The van der Waals surface area contributed by atoms with E-state index in [4.69, 9.17) is 0 Å². The quantitative estimate of drug-likeness (QED) is 0.773. The summed E-state index contributed by atoms with van der Waals surface area (Å²) in [5.41, 5.74) is 1.33. The van der Waals surface area contributed by atoms with Crippen LogP contribution in [0.5, 0.6) is 0 Å². The van der Waals surface area contributed by atoms with Gasteiger partial charge in [0.2, 0.25) is 5.95 Å². The monoisotopic (exact) mass is 395 g/mol. The molecule has 2 aromatic rings. The standard InChI is InChI=1S/C21H29N7O/c1-3-25-8-10-28(11-9-25)21-23-17(2)16-18(24-21)20(29)27-14-12-26(13-15-27)19-6-4-5-7-22-19/h4-7,16H,3,8-15H2,1-2H3. The highest BCUT2D eigenvalue weighted by atomic mass is 16.2. The molecule has 29 heavy (non-hydrogen) atoms. The van der Waals surface area contributed by atoms with Gasteiger partial charge in [0.05, 0.1) is 0 Å². The highest BCUT2D eigenvalue weighted by Crippen LogP contribution is 2.17. The zero-order valence-corrected chi connectivity index (χ0v) is 17.3. The molecule has 0 radical (unpaired) electrons. The van der Waals surface area contributed by atoms with E-state index in [1.807, 2.05) is 30.0 Å². The van der Waals surface area contributed by atoms with Gasteiger partial charge in [0.15, 0.2) is 0 Å². The average molecular weight is 396 g/mol. The molecular weight excluding hydrogens is 366 g/mol. The molecule has 0 spiro atoms. The van der Waals surface area contributed by atoms with E-state index in [-0.39, 0.29) is 5.91 Å². The van der Waals surface area contributed by atoms with E-state index in [0.29, 0.717) is 24.7 Å². The summed E-state index contributed by atoms with van der Waals surface area (Å²) in [5.74, 6) is 1.63. The van der Waals surface area contributed by atoms with Gasteiger partial charge in [0.1, 0.15) is 11.5 Å². The number of carbonyl (C=O) groups excluding carboxylic acids is 1. The maximum Gasteiger partial charge on any atom is 0.272 e. The first-order valence-electron chi connectivity index (χ1n) is 10.4. The van der Waals surface area contributed by atoms with Gasteiger partial charge >= 0.3 is 0 Å². The fourth-order valence-electron chi connectivity index (χ4n) is 3.91. The van der Waals surface area contributed by atoms with Gasteiger partial charge in [-0.1, -0.05) is 13.0 Å². The van der Waals surface area contributed by atoms with Crippen molar-refractivity contribution < 1.29 is 4.79 Å². The molecule has 154 valence electrons. The van der Waals surface area contributed by atoms with Crippen LogP contribution < -0.4 is 9.80 Å². The van der Waals surface area contributed by atoms with E-state index in [1.165, 1.54) is 0 Å². The Morgan fingerprint density at radius 2 is 1.69 bits per heavy atom. The summed E-state index contributed by atoms with van der Waals surface area (Å²) in [7, 11) is 0. The molecule has 2 fully saturated rings. The predicted octanol–water partition coefficient (Wildman–Crippen LogP) is 1.28. The lowest BCUT2D eigenvalue weighted by atomic mass is 10.2. The second-order valence-electron chi connectivity index (χ2n) is 7.58. The van der Waals surface area contributed by atoms with E-state index < -0.39 is 0 Å². The third-order valence-electron chi connectivity index (χ3n) is 5.70. The Bertz CT molecular complexity index is 828. The summed E-state index contributed by atoms with van der Waals surface area (Å²) in [6.45, 7) is 11.9. The molecule has 4 rings (SSSR count). The molecular formula is C21H29N7O. The number of nitrogens with zero attached hydrogens (tertiary/aromatic N) is 7. The molecule has 0 aliphatic carbocycles. The van der Waals surface area contributed by atoms with E-state index in [0.717, 1.165) is 57.3 Å². The number of anilines is 2. The molecule has 0 saturated carbocycles. The topological polar surface area (TPSA) is 68.7 Å². The van der Waals surface area contributed by atoms with Crippen molar-refractivity contribution in [3.05, 3.63) is 41.9 Å². The van der Waals surface area contributed by atoms with Crippen molar-refractivity contribution in [2.24, 2.45) is 0 Å². The Morgan fingerprint density at radius 1 is 0.966 bits per heavy atom. The average Bonchev–Trinajstić information content (AvgIpc) is 2.79. The Kier molecular flexibility index (Phi) is 5.89. The Morgan fingerprint density at radius 3 is 2.34 bits per heavy atom. The fourth-order valence-corrected chi connectivity index (χ4v) is 3.91. The second kappa shape index (κ2) is 8.73. The van der Waals surface area contributed by atoms with Gasteiger partial charge in [-0.3, -0.25) is 4.79 Å². The number of piperazine rings is 2. The molecule has 0 N–H and O–H groups in total. The lowest BCUT2D eigenvalue weighted by Crippen LogP contribution is -2.49. The number of aryl methyl sites for hydroxylation is 1. The lowest BCUT2D eigenvalue weighted by Gasteiger charge is -2.36. The Hall–Kier alpha value is -2.74. The molecule has 2 aromatic heterocycles. The maximum atomic E-state index is 13.1. The van der Waals surface area contributed by atoms with Crippen LogP contribution in [0.3, 0.4) is 0 Å². The highest BCUT2D eigenvalue weighted by Gasteiger charge is 2.25. The minimum atomic E-state index is -0.00962. The van der Waals surface area contributed by atoms with Crippen LogP contribution in [0.1, 0.15) is 23.1 Å². The van der Waals surface area contributed by atoms with Gasteiger partial charge in [-0.2, -0.15) is 0 Å². The van der Waals surface area contributed by atoms with Gasteiger partial charge in [-0.05, 0) is 31.7 Å². The summed E-state index contributed by atoms with van der Waals surface area (Å²) in [6.07, 6.45) is 1.80. The number of amides is 1. The van der Waals surface area contributed by atoms with Gasteiger partial charge in [-0.15, -0.1) is 0 Å². The van der Waals surface area contributed by atoms with Crippen LogP contribution in [-0.4, -0.2) is 89.6 Å². The van der Waals surface area contributed by atoms with Gasteiger partial charge in [0, 0.05) is 64.2 Å². The van der Waals surface area contributed by atoms with E-state index in [1.54, 1.807) is 12.3 Å². The minimum Gasteiger partial charge on any atom is -0.353 e. The zero-order chi connectivity index (χ0) is 20.2. The van der Waals surface area contributed by atoms with E-state index in [2.05, 4.69) is 36.6 Å². The molecule has 2 saturated heterocycles. The minimum absolute atomic E-state index is 0.00962. The summed E-state index contributed by atoms with van der Waals surface area (Å²) < 4.78 is 0. The molecule has 1 amide bonds. The molecule has 2 aliphatic rings. The third-order valence-corrected chi connectivity index (χ3v) is 5.70. The molecule has 0 atom stereocenters. The molecule has 0 aromatic carbocycles. The normalized spacial score (nSPS) is 18.2. The van der Waals surface area contributed by atoms with Crippen LogP contribution in [0.15, 0.2) is 30.5 Å². The largest absolute Gasteiger partial charge is 0.353 e. The van der Waals surface area contributed by atoms with E-state index in [9.17, 15) is 4.79 Å². The SMILES string of the molecule is CCN1CCN(c2nc(C)cc(C(=O)N3CCN(c4ccccn4)CC3)n2)CC1. The van der Waals surface area contributed by atoms with Gasteiger partial charge in [0.25, 0.3) is 5.91 Å². The fraction of sp³-hybridized carbons (Fsp3) is 0.524. The maximum absolute atomic E-state index is 13.1. The number of carbonyl (C=O) groups is 1. The Balaban J connectivity index is 1.42. The van der Waals surface area contributed by atoms with Crippen LogP contribution in [0.4, 0.5) is 11.8 Å². The number of pyridine rings is 1. The zero-order valence-electron chi connectivity index (χ0n) is 17.3. The smallest absolute Gasteiger partial charge is 0.272 e. The summed E-state index contributed by atoms with van der Waals surface area (Å²) in [6, 6.07) is 7.72. The molecule has 0 unspecified atom stereocenters. The molecule has 2 aliphatic heterocycles. The first kappa shape index (κ1) is 19.6. The Labute approximate surface area is 172 Å². The summed E-state index contributed by atoms with van der Waals surface area (Å²) in [5, 5.41) is 0. The second-order valence-corrected chi connectivity index (χ2v) is 7.58. The van der Waals surface area contributed by atoms with Crippen molar-refractivity contribution >= 4 is 17.7 Å². The summed E-state index contributed by atoms with van der Waals surface area (Å²) in [4.78, 5) is 35.5. The predicted molar refractivity (Wildman–Crippen MR) is 113 cm³/mol. The number of hydrogen-bond donors (Lipinski definition) is 0. The van der Waals surface area contributed by atoms with Gasteiger partial charge in [-0.25, -0.2) is 15.0 Å². The van der Waals surface area contributed by atoms with Crippen molar-refractivity contribution in [3.63, 3.8) is 0 Å². The number of hydrogen-bond acceptors (Lipinski definition) is 7. The highest BCUT2D eigenvalue weighted by molar-refractivity contribution is 5.92. The van der Waals surface area contributed by atoms with Crippen molar-refractivity contribution in [2.75, 3.05) is 68.7 Å². The summed E-state index contributed by atoms with van der Waals surface area (Å²) >= 11 is 0. The van der Waals surface area contributed by atoms with Crippen molar-refractivity contribution in [1.29, 1.82) is 0 Å². The number of aromatic nitrogens is 3. The molecule has 8 nitrogen and oxygen atoms in total. The van der Waals surface area contributed by atoms with Crippen molar-refractivity contribution in [1.82, 2.24) is 24.8 Å². The first-order valence-corrected chi connectivity index (χ1v) is 10.4. The van der Waals surface area contributed by atoms with Crippen LogP contribution in [0, 0.1) is 6.92 Å². The number of likely N-dealkylation sites (N-methyl/N-ethyl adjacent to an activating group) is 1. The van der Waals surface area contributed by atoms with Crippen molar-refractivity contribution in [3.8, 4) is 0 Å². The van der Waals surface area contributed by atoms with E-state index >= 15 is 0 Å². The molecule has 4 heterocycles. The van der Waals surface area contributed by atoms with Crippen LogP contribution in [0.25, 0.3) is 0 Å². The lowest BCUT2D eigenvalue weighted by molar-refractivity contribution is 0.0740. The van der Waals surface area contributed by atoms with Crippen LogP contribution in [-0.2, 0) is 0 Å². The first-order chi connectivity index (χ1) is 14.1. The van der Waals surface area contributed by atoms with Gasteiger partial charge < -0.3 is 19.6 Å². The molecule has 8 heteroatoms. The van der Waals surface area contributed by atoms with Crippen LogP contribution in [0.2, 0.25) is 0 Å².